The molecular weight excluding hydrogens is 580 g/mol. The molecule has 3 rings (SSSR count). The Morgan fingerprint density at radius 1 is 0.522 bits per heavy atom. The molecule has 10 heteroatoms. The maximum atomic E-state index is 13.2. The molecule has 0 spiro atoms. The summed E-state index contributed by atoms with van der Waals surface area (Å²) in [6.07, 6.45) is 3.99. The van der Waals surface area contributed by atoms with Gasteiger partial charge in [-0.1, -0.05) is 72.8 Å². The van der Waals surface area contributed by atoms with Crippen LogP contribution in [0.15, 0.2) is 72.8 Å². The lowest BCUT2D eigenvalue weighted by Gasteiger charge is -2.33. The molecule has 3 aromatic rings. The molecule has 0 saturated carbocycles. The summed E-state index contributed by atoms with van der Waals surface area (Å²) in [5.74, 6) is -0.0814. The van der Waals surface area contributed by atoms with E-state index in [9.17, 15) is 19.2 Å². The van der Waals surface area contributed by atoms with Crippen molar-refractivity contribution in [3.8, 4) is 0 Å². The SMILES string of the molecule is CN(Cc1ccc(CN(C)N(Cc2ccc(CN)cc2)C(=O)CCCC=O)cc1)N(Cc1ccc(CN)cc1)C(=O)CCCC=O. The molecule has 3 aromatic carbocycles. The van der Waals surface area contributed by atoms with Gasteiger partial charge in [0.05, 0.1) is 13.1 Å². The summed E-state index contributed by atoms with van der Waals surface area (Å²) in [6.45, 7) is 2.76. The molecule has 46 heavy (non-hydrogen) atoms. The predicted octanol–water partition coefficient (Wildman–Crippen LogP) is 4.09. The number of unbranched alkanes of at least 4 members (excludes halogenated alkanes) is 2. The van der Waals surface area contributed by atoms with Crippen molar-refractivity contribution in [1.29, 1.82) is 0 Å². The van der Waals surface area contributed by atoms with Crippen LogP contribution < -0.4 is 11.5 Å². The highest BCUT2D eigenvalue weighted by atomic mass is 16.2. The zero-order valence-corrected chi connectivity index (χ0v) is 27.1. The summed E-state index contributed by atoms with van der Waals surface area (Å²) in [5.41, 5.74) is 17.6. The summed E-state index contributed by atoms with van der Waals surface area (Å²) in [7, 11) is 3.78. The Morgan fingerprint density at radius 3 is 1.09 bits per heavy atom. The van der Waals surface area contributed by atoms with E-state index in [1.54, 1.807) is 10.0 Å². The molecule has 0 unspecified atom stereocenters. The molecule has 246 valence electrons. The average molecular weight is 629 g/mol. The number of benzene rings is 3. The zero-order valence-electron chi connectivity index (χ0n) is 27.1. The Labute approximate surface area is 272 Å². The fraction of sp³-hybridized carbons (Fsp3) is 0.389. The van der Waals surface area contributed by atoms with E-state index in [0.29, 0.717) is 65.0 Å². The molecule has 0 bridgehead atoms. The van der Waals surface area contributed by atoms with E-state index in [1.807, 2.05) is 96.9 Å². The van der Waals surface area contributed by atoms with E-state index in [-0.39, 0.29) is 24.7 Å². The molecule has 4 N–H and O–H groups in total. The van der Waals surface area contributed by atoms with E-state index in [0.717, 1.165) is 46.0 Å². The Bertz CT molecular complexity index is 1270. The second kappa shape index (κ2) is 19.3. The van der Waals surface area contributed by atoms with Crippen LogP contribution in [-0.2, 0) is 58.4 Å². The predicted molar refractivity (Wildman–Crippen MR) is 179 cm³/mol. The molecule has 2 amide bonds. The topological polar surface area (TPSA) is 133 Å². The first-order valence-electron chi connectivity index (χ1n) is 15.8. The van der Waals surface area contributed by atoms with Crippen molar-refractivity contribution in [2.75, 3.05) is 14.1 Å². The lowest BCUT2D eigenvalue weighted by atomic mass is 10.1. The minimum absolute atomic E-state index is 0.0407. The largest absolute Gasteiger partial charge is 0.326 e. The van der Waals surface area contributed by atoms with Gasteiger partial charge in [-0.3, -0.25) is 19.6 Å². The summed E-state index contributed by atoms with van der Waals surface area (Å²) < 4.78 is 0. The maximum Gasteiger partial charge on any atom is 0.237 e. The number of carbonyl (C=O) groups is 4. The van der Waals surface area contributed by atoms with Crippen molar-refractivity contribution in [2.45, 2.75) is 77.8 Å². The highest BCUT2D eigenvalue weighted by molar-refractivity contribution is 5.76. The summed E-state index contributed by atoms with van der Waals surface area (Å²) in [6, 6.07) is 24.0. The monoisotopic (exact) mass is 628 g/mol. The number of carbonyl (C=O) groups excluding carboxylic acids is 4. The van der Waals surface area contributed by atoms with Gasteiger partial charge in [-0.05, 0) is 46.2 Å². The highest BCUT2D eigenvalue weighted by Crippen LogP contribution is 2.17. The second-order valence-corrected chi connectivity index (χ2v) is 11.5. The first kappa shape index (κ1) is 36.3. The average Bonchev–Trinajstić information content (AvgIpc) is 3.07. The fourth-order valence-electron chi connectivity index (χ4n) is 5.09. The first-order chi connectivity index (χ1) is 22.3. The molecule has 10 nitrogen and oxygen atoms in total. The Balaban J connectivity index is 1.69. The van der Waals surface area contributed by atoms with Gasteiger partial charge >= 0.3 is 0 Å². The second-order valence-electron chi connectivity index (χ2n) is 11.5. The number of amides is 2. The molecule has 0 aliphatic carbocycles. The smallest absolute Gasteiger partial charge is 0.237 e. The van der Waals surface area contributed by atoms with E-state index < -0.39 is 0 Å². The minimum Gasteiger partial charge on any atom is -0.326 e. The third-order valence-electron chi connectivity index (χ3n) is 7.85. The number of nitrogens with two attached hydrogens (primary N) is 2. The molecule has 0 saturated heterocycles. The summed E-state index contributed by atoms with van der Waals surface area (Å²) in [5, 5.41) is 7.30. The zero-order chi connectivity index (χ0) is 33.3. The molecule has 0 radical (unpaired) electrons. The van der Waals surface area contributed by atoms with Crippen LogP contribution in [0.1, 0.15) is 71.9 Å². The highest BCUT2D eigenvalue weighted by Gasteiger charge is 2.21. The van der Waals surface area contributed by atoms with Crippen LogP contribution >= 0.6 is 0 Å². The van der Waals surface area contributed by atoms with Gasteiger partial charge in [0.15, 0.2) is 0 Å². The maximum absolute atomic E-state index is 13.2. The van der Waals surface area contributed by atoms with Crippen LogP contribution in [0.4, 0.5) is 0 Å². The van der Waals surface area contributed by atoms with E-state index in [1.165, 1.54) is 0 Å². The van der Waals surface area contributed by atoms with Crippen molar-refractivity contribution in [3.05, 3.63) is 106 Å². The normalized spacial score (nSPS) is 11.1. The number of hydrazine groups is 2. The van der Waals surface area contributed by atoms with E-state index in [2.05, 4.69) is 0 Å². The number of aldehydes is 2. The molecular formula is C36H48N6O4. The quantitative estimate of drug-likeness (QED) is 0.109. The van der Waals surface area contributed by atoms with Gasteiger partial charge in [-0.25, -0.2) is 10.0 Å². The first-order valence-corrected chi connectivity index (χ1v) is 15.8. The lowest BCUT2D eigenvalue weighted by Crippen LogP contribution is -2.43. The molecule has 0 atom stereocenters. The Hall–Kier alpha value is -4.22. The minimum atomic E-state index is -0.0407. The molecule has 0 aliphatic heterocycles. The van der Waals surface area contributed by atoms with Crippen LogP contribution in [0.25, 0.3) is 0 Å². The molecule has 0 heterocycles. The van der Waals surface area contributed by atoms with Gasteiger partial charge in [-0.15, -0.1) is 0 Å². The van der Waals surface area contributed by atoms with Crippen molar-refractivity contribution in [2.24, 2.45) is 11.5 Å². The molecule has 0 fully saturated rings. The number of nitrogens with zero attached hydrogens (tertiary/aromatic N) is 4. The Kier molecular flexibility index (Phi) is 15.2. The molecule has 0 aromatic heterocycles. The summed E-state index contributed by atoms with van der Waals surface area (Å²) >= 11 is 0. The van der Waals surface area contributed by atoms with Crippen molar-refractivity contribution in [1.82, 2.24) is 20.0 Å². The van der Waals surface area contributed by atoms with Gasteiger partial charge < -0.3 is 21.1 Å². The third-order valence-corrected chi connectivity index (χ3v) is 7.85. The van der Waals surface area contributed by atoms with Crippen LogP contribution in [-0.4, -0.2) is 58.5 Å². The van der Waals surface area contributed by atoms with Gasteiger partial charge in [0.2, 0.25) is 11.8 Å². The standard InChI is InChI=1S/C36H48N6O4/c1-39(41(35(45)7-3-5-21-43)27-33-13-9-29(23-37)10-14-33)25-31-17-19-32(20-18-31)26-40(2)42(36(46)8-4-6-22-44)28-34-15-11-30(24-38)12-16-34/h9-22H,3-8,23-28,37-38H2,1-2H3. The fourth-order valence-corrected chi connectivity index (χ4v) is 5.09. The van der Waals surface area contributed by atoms with Crippen molar-refractivity contribution in [3.63, 3.8) is 0 Å². The number of hydrogen-bond acceptors (Lipinski definition) is 8. The van der Waals surface area contributed by atoms with E-state index in [4.69, 9.17) is 11.5 Å². The third kappa shape index (κ3) is 11.6. The lowest BCUT2D eigenvalue weighted by molar-refractivity contribution is -0.150. The van der Waals surface area contributed by atoms with Crippen LogP contribution in [0.3, 0.4) is 0 Å². The number of rotatable bonds is 20. The summed E-state index contributed by atoms with van der Waals surface area (Å²) in [4.78, 5) is 48.1. The van der Waals surface area contributed by atoms with E-state index >= 15 is 0 Å². The van der Waals surface area contributed by atoms with Gasteiger partial charge in [0.1, 0.15) is 12.6 Å². The van der Waals surface area contributed by atoms with Crippen molar-refractivity contribution < 1.29 is 19.2 Å². The Morgan fingerprint density at radius 2 is 0.804 bits per heavy atom. The number of hydrogen-bond donors (Lipinski definition) is 2. The molecule has 0 aliphatic rings. The van der Waals surface area contributed by atoms with Gasteiger partial charge in [0, 0.05) is 66.0 Å². The van der Waals surface area contributed by atoms with Crippen LogP contribution in [0, 0.1) is 0 Å². The van der Waals surface area contributed by atoms with Crippen molar-refractivity contribution >= 4 is 24.4 Å². The van der Waals surface area contributed by atoms with Crippen LogP contribution in [0.2, 0.25) is 0 Å². The van der Waals surface area contributed by atoms with Gasteiger partial charge in [-0.2, -0.15) is 0 Å². The van der Waals surface area contributed by atoms with Gasteiger partial charge in [0.25, 0.3) is 0 Å². The van der Waals surface area contributed by atoms with Crippen LogP contribution in [0.5, 0.6) is 0 Å².